The minimum absolute atomic E-state index is 0.223. The van der Waals surface area contributed by atoms with Gasteiger partial charge in [-0.1, -0.05) is 0 Å². The molecule has 0 amide bonds. The van der Waals surface area contributed by atoms with E-state index in [-0.39, 0.29) is 5.56 Å². The summed E-state index contributed by atoms with van der Waals surface area (Å²) in [6.07, 6.45) is 0. The molecule has 0 aliphatic heterocycles. The Hall–Kier alpha value is -1.15. The van der Waals surface area contributed by atoms with Crippen LogP contribution in [0.1, 0.15) is 21.1 Å². The lowest BCUT2D eigenvalue weighted by Crippen LogP contribution is -2.00. The van der Waals surface area contributed by atoms with Gasteiger partial charge in [-0.3, -0.25) is 0 Å². The molecule has 6 heteroatoms. The second-order valence-electron chi connectivity index (χ2n) is 3.62. The number of aromatic nitrogens is 1. The van der Waals surface area contributed by atoms with E-state index in [1.165, 1.54) is 17.4 Å². The summed E-state index contributed by atoms with van der Waals surface area (Å²) in [5, 5.41) is 11.8. The van der Waals surface area contributed by atoms with Crippen LogP contribution in [0.2, 0.25) is 0 Å². The zero-order valence-corrected chi connectivity index (χ0v) is 12.5. The first-order chi connectivity index (χ1) is 8.56. The molecule has 4 nitrogen and oxygen atoms in total. The highest BCUT2D eigenvalue weighted by atomic mass is 127. The van der Waals surface area contributed by atoms with Gasteiger partial charge in [-0.15, -0.1) is 11.3 Å². The van der Waals surface area contributed by atoms with Crippen LogP contribution in [0, 0.1) is 10.5 Å². The number of ether oxygens (including phenoxy) is 1. The molecule has 0 fully saturated rings. The van der Waals surface area contributed by atoms with E-state index in [1.54, 1.807) is 12.1 Å². The number of carbonyl (C=O) groups is 1. The molecular formula is C12H10INO3S. The second-order valence-corrected chi connectivity index (χ2v) is 5.73. The summed E-state index contributed by atoms with van der Waals surface area (Å²) >= 11 is 3.64. The Labute approximate surface area is 122 Å². The number of thiazole rings is 1. The van der Waals surface area contributed by atoms with Crippen molar-refractivity contribution in [3.63, 3.8) is 0 Å². The summed E-state index contributed by atoms with van der Waals surface area (Å²) in [5.41, 5.74) is 1.19. The van der Waals surface area contributed by atoms with E-state index >= 15 is 0 Å². The predicted octanol–water partition coefficient (Wildman–Crippen LogP) is 3.33. The summed E-state index contributed by atoms with van der Waals surface area (Å²) in [5.74, 6) is -0.385. The van der Waals surface area contributed by atoms with E-state index < -0.39 is 5.97 Å². The molecule has 0 bridgehead atoms. The first-order valence-corrected chi connectivity index (χ1v) is 7.09. The van der Waals surface area contributed by atoms with Crippen molar-refractivity contribution < 1.29 is 14.6 Å². The Balaban J connectivity index is 2.13. The largest absolute Gasteiger partial charge is 0.485 e. The number of hydrogen-bond donors (Lipinski definition) is 1. The van der Waals surface area contributed by atoms with Gasteiger partial charge < -0.3 is 9.84 Å². The molecule has 1 N–H and O–H groups in total. The van der Waals surface area contributed by atoms with E-state index in [0.717, 1.165) is 14.3 Å². The molecule has 0 saturated heterocycles. The quantitative estimate of drug-likeness (QED) is 0.833. The lowest BCUT2D eigenvalue weighted by Gasteiger charge is -2.07. The summed E-state index contributed by atoms with van der Waals surface area (Å²) in [6.45, 7) is 2.28. The molecular weight excluding hydrogens is 365 g/mol. The highest BCUT2D eigenvalue weighted by Gasteiger charge is 2.09. The number of benzene rings is 1. The van der Waals surface area contributed by atoms with Crippen LogP contribution in [-0.2, 0) is 6.61 Å². The third-order valence-corrected chi connectivity index (χ3v) is 4.03. The molecule has 1 aromatic heterocycles. The van der Waals surface area contributed by atoms with E-state index in [9.17, 15) is 4.79 Å². The lowest BCUT2D eigenvalue weighted by atomic mass is 10.2. The fourth-order valence-electron chi connectivity index (χ4n) is 1.36. The van der Waals surface area contributed by atoms with Gasteiger partial charge in [0.25, 0.3) is 0 Å². The number of nitrogens with zero attached hydrogens (tertiary/aromatic N) is 1. The summed E-state index contributed by atoms with van der Waals surface area (Å²) in [7, 11) is 0. The molecule has 2 rings (SSSR count). The first-order valence-electron chi connectivity index (χ1n) is 5.13. The van der Waals surface area contributed by atoms with Gasteiger partial charge in [0.05, 0.1) is 9.13 Å². The SMILES string of the molecule is Cc1csc(COc2cc(C(=O)O)ccc2I)n1. The van der Waals surface area contributed by atoms with Gasteiger partial charge in [0.2, 0.25) is 0 Å². The lowest BCUT2D eigenvalue weighted by molar-refractivity contribution is 0.0696. The van der Waals surface area contributed by atoms with Crippen molar-refractivity contribution in [1.29, 1.82) is 0 Å². The second kappa shape index (κ2) is 5.66. The number of halogens is 1. The molecule has 0 aliphatic carbocycles. The summed E-state index contributed by atoms with van der Waals surface area (Å²) < 4.78 is 6.48. The molecule has 18 heavy (non-hydrogen) atoms. The van der Waals surface area contributed by atoms with Crippen LogP contribution in [-0.4, -0.2) is 16.1 Å². The Morgan fingerprint density at radius 3 is 2.94 bits per heavy atom. The smallest absolute Gasteiger partial charge is 0.335 e. The third kappa shape index (κ3) is 3.20. The number of carboxylic acids is 1. The average Bonchev–Trinajstić information content (AvgIpc) is 2.74. The van der Waals surface area contributed by atoms with Gasteiger partial charge in [-0.25, -0.2) is 9.78 Å². The average molecular weight is 375 g/mol. The third-order valence-electron chi connectivity index (χ3n) is 2.20. The van der Waals surface area contributed by atoms with Crippen molar-refractivity contribution in [1.82, 2.24) is 4.98 Å². The van der Waals surface area contributed by atoms with Crippen molar-refractivity contribution in [3.8, 4) is 5.75 Å². The van der Waals surface area contributed by atoms with Crippen LogP contribution in [0.5, 0.6) is 5.75 Å². The van der Waals surface area contributed by atoms with Gasteiger partial charge in [-0.05, 0) is 47.7 Å². The molecule has 0 unspecified atom stereocenters. The Bertz CT molecular complexity index is 582. The first kappa shape index (κ1) is 13.3. The van der Waals surface area contributed by atoms with Gasteiger partial charge in [0.15, 0.2) is 0 Å². The van der Waals surface area contributed by atoms with Crippen LogP contribution < -0.4 is 4.74 Å². The van der Waals surface area contributed by atoms with E-state index in [1.807, 2.05) is 12.3 Å². The molecule has 0 spiro atoms. The van der Waals surface area contributed by atoms with Crippen LogP contribution in [0.25, 0.3) is 0 Å². The zero-order valence-electron chi connectivity index (χ0n) is 9.51. The highest BCUT2D eigenvalue weighted by molar-refractivity contribution is 14.1. The van der Waals surface area contributed by atoms with Gasteiger partial charge in [0.1, 0.15) is 17.4 Å². The maximum Gasteiger partial charge on any atom is 0.335 e. The van der Waals surface area contributed by atoms with Gasteiger partial charge in [0, 0.05) is 11.1 Å². The van der Waals surface area contributed by atoms with Crippen LogP contribution in [0.15, 0.2) is 23.6 Å². The van der Waals surface area contributed by atoms with E-state index in [4.69, 9.17) is 9.84 Å². The van der Waals surface area contributed by atoms with Crippen molar-refractivity contribution in [2.75, 3.05) is 0 Å². The minimum atomic E-state index is -0.957. The highest BCUT2D eigenvalue weighted by Crippen LogP contribution is 2.24. The number of aryl methyl sites for hydroxylation is 1. The fourth-order valence-corrected chi connectivity index (χ4v) is 2.53. The van der Waals surface area contributed by atoms with Crippen LogP contribution >= 0.6 is 33.9 Å². The maximum absolute atomic E-state index is 10.9. The Morgan fingerprint density at radius 2 is 2.33 bits per heavy atom. The number of hydrogen-bond acceptors (Lipinski definition) is 4. The minimum Gasteiger partial charge on any atom is -0.485 e. The number of rotatable bonds is 4. The molecule has 0 aliphatic rings. The molecule has 0 radical (unpaired) electrons. The van der Waals surface area contributed by atoms with Crippen molar-refractivity contribution >= 4 is 39.9 Å². The van der Waals surface area contributed by atoms with Crippen molar-refractivity contribution in [3.05, 3.63) is 43.4 Å². The summed E-state index contributed by atoms with van der Waals surface area (Å²) in [4.78, 5) is 15.2. The van der Waals surface area contributed by atoms with E-state index in [0.29, 0.717) is 12.4 Å². The van der Waals surface area contributed by atoms with Crippen LogP contribution in [0.3, 0.4) is 0 Å². The molecule has 2 aromatic rings. The number of aromatic carboxylic acids is 1. The fraction of sp³-hybridized carbons (Fsp3) is 0.167. The monoisotopic (exact) mass is 375 g/mol. The van der Waals surface area contributed by atoms with Gasteiger partial charge >= 0.3 is 5.97 Å². The zero-order chi connectivity index (χ0) is 13.1. The molecule has 0 atom stereocenters. The summed E-state index contributed by atoms with van der Waals surface area (Å²) in [6, 6.07) is 4.82. The molecule has 1 aromatic carbocycles. The van der Waals surface area contributed by atoms with Gasteiger partial charge in [-0.2, -0.15) is 0 Å². The molecule has 1 heterocycles. The maximum atomic E-state index is 10.9. The predicted molar refractivity (Wildman–Crippen MR) is 77.3 cm³/mol. The number of carboxylic acid groups (broad SMARTS) is 1. The topological polar surface area (TPSA) is 59.4 Å². The standard InChI is InChI=1S/C12H10INO3S/c1-7-6-18-11(14-7)5-17-10-4-8(12(15)16)2-3-9(10)13/h2-4,6H,5H2,1H3,(H,15,16). The normalized spacial score (nSPS) is 10.3. The molecule has 0 saturated carbocycles. The Kier molecular flexibility index (Phi) is 4.18. The van der Waals surface area contributed by atoms with Crippen molar-refractivity contribution in [2.45, 2.75) is 13.5 Å². The van der Waals surface area contributed by atoms with E-state index in [2.05, 4.69) is 27.6 Å². The Morgan fingerprint density at radius 1 is 1.56 bits per heavy atom. The van der Waals surface area contributed by atoms with Crippen LogP contribution in [0.4, 0.5) is 0 Å². The molecule has 94 valence electrons. The van der Waals surface area contributed by atoms with Crippen molar-refractivity contribution in [2.24, 2.45) is 0 Å².